The van der Waals surface area contributed by atoms with Crippen LogP contribution in [0.3, 0.4) is 0 Å². The maximum absolute atomic E-state index is 11.7. The van der Waals surface area contributed by atoms with Crippen LogP contribution in [0.15, 0.2) is 40.6 Å². The minimum absolute atomic E-state index is 0.157. The Kier molecular flexibility index (Phi) is 5.59. The third-order valence-electron chi connectivity index (χ3n) is 2.85. The van der Waals surface area contributed by atoms with Gasteiger partial charge in [0.2, 0.25) is 5.78 Å². The number of carbonyl (C=O) groups is 2. The molecule has 0 aliphatic carbocycles. The van der Waals surface area contributed by atoms with Gasteiger partial charge in [0.05, 0.1) is 10.6 Å². The summed E-state index contributed by atoms with van der Waals surface area (Å²) in [5.74, 6) is -0.317. The van der Waals surface area contributed by atoms with Crippen LogP contribution >= 0.6 is 23.1 Å². The second-order valence-electron chi connectivity index (χ2n) is 4.62. The molecule has 1 aromatic heterocycles. The highest BCUT2D eigenvalue weighted by Gasteiger charge is 2.11. The Balaban J connectivity index is 1.80. The molecule has 3 nitrogen and oxygen atoms in total. The summed E-state index contributed by atoms with van der Waals surface area (Å²) in [4.78, 5) is 25.1. The van der Waals surface area contributed by atoms with E-state index in [-0.39, 0.29) is 24.1 Å². The molecule has 0 radical (unpaired) electrons. The smallest absolute Gasteiger partial charge is 0.316 e. The average Bonchev–Trinajstić information content (AvgIpc) is 3.00. The van der Waals surface area contributed by atoms with E-state index < -0.39 is 0 Å². The normalized spacial score (nSPS) is 10.4. The van der Waals surface area contributed by atoms with E-state index in [4.69, 9.17) is 4.74 Å². The summed E-state index contributed by atoms with van der Waals surface area (Å²) in [6.45, 7) is 3.83. The Labute approximate surface area is 132 Å². The van der Waals surface area contributed by atoms with Gasteiger partial charge in [-0.3, -0.25) is 9.59 Å². The standard InChI is InChI=1S/C16H16O3S2/c1-11-5-6-12(2)15(8-11)21-10-16(18)19-9-13(17)14-4-3-7-20-14/h3-8H,9-10H2,1-2H3. The van der Waals surface area contributed by atoms with Crippen molar-refractivity contribution in [2.75, 3.05) is 12.4 Å². The first-order valence-corrected chi connectivity index (χ1v) is 8.35. The van der Waals surface area contributed by atoms with Crippen molar-refractivity contribution in [1.82, 2.24) is 0 Å². The second kappa shape index (κ2) is 7.43. The minimum Gasteiger partial charge on any atom is -0.457 e. The zero-order valence-corrected chi connectivity index (χ0v) is 13.6. The number of hydrogen-bond donors (Lipinski definition) is 0. The summed E-state index contributed by atoms with van der Waals surface area (Å²) in [5.41, 5.74) is 2.29. The maximum atomic E-state index is 11.7. The van der Waals surface area contributed by atoms with E-state index in [0.717, 1.165) is 16.0 Å². The highest BCUT2D eigenvalue weighted by Crippen LogP contribution is 2.23. The van der Waals surface area contributed by atoms with Crippen molar-refractivity contribution < 1.29 is 14.3 Å². The fraction of sp³-hybridized carbons (Fsp3) is 0.250. The number of rotatable bonds is 6. The lowest BCUT2D eigenvalue weighted by atomic mass is 10.2. The number of benzene rings is 1. The van der Waals surface area contributed by atoms with Gasteiger partial charge < -0.3 is 4.74 Å². The van der Waals surface area contributed by atoms with E-state index in [1.807, 2.05) is 37.4 Å². The molecule has 0 bridgehead atoms. The molecule has 0 spiro atoms. The highest BCUT2D eigenvalue weighted by atomic mass is 32.2. The number of aryl methyl sites for hydroxylation is 2. The Bertz CT molecular complexity index is 633. The molecule has 1 heterocycles. The number of thioether (sulfide) groups is 1. The van der Waals surface area contributed by atoms with Gasteiger partial charge in [0.15, 0.2) is 6.61 Å². The fourth-order valence-electron chi connectivity index (χ4n) is 1.70. The average molecular weight is 320 g/mol. The van der Waals surface area contributed by atoms with Gasteiger partial charge in [-0.05, 0) is 36.9 Å². The van der Waals surface area contributed by atoms with Crippen LogP contribution in [-0.4, -0.2) is 24.1 Å². The highest BCUT2D eigenvalue weighted by molar-refractivity contribution is 8.00. The molecule has 0 saturated carbocycles. The third-order valence-corrected chi connectivity index (χ3v) is 4.89. The van der Waals surface area contributed by atoms with E-state index in [1.165, 1.54) is 23.1 Å². The van der Waals surface area contributed by atoms with Gasteiger partial charge >= 0.3 is 5.97 Å². The topological polar surface area (TPSA) is 43.4 Å². The van der Waals surface area contributed by atoms with E-state index >= 15 is 0 Å². The molecule has 0 atom stereocenters. The third kappa shape index (κ3) is 4.72. The number of carbonyl (C=O) groups excluding carboxylic acids is 2. The number of esters is 1. The molecule has 1 aromatic carbocycles. The Hall–Kier alpha value is -1.59. The minimum atomic E-state index is -0.370. The van der Waals surface area contributed by atoms with Crippen molar-refractivity contribution in [2.45, 2.75) is 18.7 Å². The zero-order valence-electron chi connectivity index (χ0n) is 11.9. The Morgan fingerprint density at radius 2 is 2.05 bits per heavy atom. The summed E-state index contributed by atoms with van der Waals surface area (Å²) in [7, 11) is 0. The Morgan fingerprint density at radius 1 is 1.24 bits per heavy atom. The molecule has 21 heavy (non-hydrogen) atoms. The quantitative estimate of drug-likeness (QED) is 0.460. The Morgan fingerprint density at radius 3 is 2.76 bits per heavy atom. The molecule has 0 aliphatic rings. The van der Waals surface area contributed by atoms with Crippen molar-refractivity contribution >= 4 is 34.9 Å². The van der Waals surface area contributed by atoms with Crippen molar-refractivity contribution in [3.8, 4) is 0 Å². The lowest BCUT2D eigenvalue weighted by Gasteiger charge is -2.07. The number of ketones is 1. The van der Waals surface area contributed by atoms with Gasteiger partial charge in [-0.1, -0.05) is 23.8 Å². The second-order valence-corrected chi connectivity index (χ2v) is 6.58. The molecule has 0 N–H and O–H groups in total. The monoisotopic (exact) mass is 320 g/mol. The molecule has 0 aliphatic heterocycles. The number of hydrogen-bond acceptors (Lipinski definition) is 5. The lowest BCUT2D eigenvalue weighted by Crippen LogP contribution is -2.14. The van der Waals surface area contributed by atoms with Crippen LogP contribution in [0, 0.1) is 13.8 Å². The van der Waals surface area contributed by atoms with Crippen LogP contribution in [0.5, 0.6) is 0 Å². The number of ether oxygens (including phenoxy) is 1. The van der Waals surface area contributed by atoms with Crippen molar-refractivity contribution in [3.05, 3.63) is 51.7 Å². The molecule has 0 saturated heterocycles. The molecule has 5 heteroatoms. The predicted molar refractivity (Wildman–Crippen MR) is 86.2 cm³/mol. The van der Waals surface area contributed by atoms with Gasteiger partial charge in [-0.2, -0.15) is 0 Å². The summed E-state index contributed by atoms with van der Waals surface area (Å²) < 4.78 is 5.02. The van der Waals surface area contributed by atoms with E-state index in [0.29, 0.717) is 4.88 Å². The van der Waals surface area contributed by atoms with Crippen LogP contribution in [0.1, 0.15) is 20.8 Å². The van der Waals surface area contributed by atoms with Gasteiger partial charge in [-0.15, -0.1) is 23.1 Å². The van der Waals surface area contributed by atoms with Gasteiger partial charge in [0, 0.05) is 4.90 Å². The van der Waals surface area contributed by atoms with Crippen LogP contribution in [0.2, 0.25) is 0 Å². The zero-order chi connectivity index (χ0) is 15.2. The van der Waals surface area contributed by atoms with Crippen LogP contribution in [0.25, 0.3) is 0 Å². The number of thiophene rings is 1. The first-order valence-electron chi connectivity index (χ1n) is 6.48. The molecule has 0 fully saturated rings. The van der Waals surface area contributed by atoms with Crippen LogP contribution < -0.4 is 0 Å². The van der Waals surface area contributed by atoms with Crippen molar-refractivity contribution in [1.29, 1.82) is 0 Å². The van der Waals surface area contributed by atoms with Crippen molar-refractivity contribution in [2.24, 2.45) is 0 Å². The largest absolute Gasteiger partial charge is 0.457 e. The van der Waals surface area contributed by atoms with Gasteiger partial charge in [-0.25, -0.2) is 0 Å². The SMILES string of the molecule is Cc1ccc(C)c(SCC(=O)OCC(=O)c2cccs2)c1. The molecule has 0 unspecified atom stereocenters. The molecule has 110 valence electrons. The summed E-state index contributed by atoms with van der Waals surface area (Å²) in [6.07, 6.45) is 0. The van der Waals surface area contributed by atoms with Crippen molar-refractivity contribution in [3.63, 3.8) is 0 Å². The molecular weight excluding hydrogens is 304 g/mol. The van der Waals surface area contributed by atoms with E-state index in [9.17, 15) is 9.59 Å². The maximum Gasteiger partial charge on any atom is 0.316 e. The first-order chi connectivity index (χ1) is 10.1. The van der Waals surface area contributed by atoms with Gasteiger partial charge in [0.1, 0.15) is 0 Å². The van der Waals surface area contributed by atoms with Gasteiger partial charge in [0.25, 0.3) is 0 Å². The summed E-state index contributed by atoms with van der Waals surface area (Å²) in [5, 5.41) is 1.82. The summed E-state index contributed by atoms with van der Waals surface area (Å²) in [6, 6.07) is 9.65. The van der Waals surface area contributed by atoms with Crippen LogP contribution in [-0.2, 0) is 9.53 Å². The van der Waals surface area contributed by atoms with Crippen LogP contribution in [0.4, 0.5) is 0 Å². The molecule has 0 amide bonds. The van der Waals surface area contributed by atoms with E-state index in [2.05, 4.69) is 0 Å². The lowest BCUT2D eigenvalue weighted by molar-refractivity contribution is -0.139. The molecule has 2 rings (SSSR count). The predicted octanol–water partition coefficient (Wildman–Crippen LogP) is 3.88. The molecule has 2 aromatic rings. The molecular formula is C16H16O3S2. The number of Topliss-reactive ketones (excluding diaryl/α,β-unsaturated/α-hetero) is 1. The van der Waals surface area contributed by atoms with E-state index in [1.54, 1.807) is 12.1 Å². The summed E-state index contributed by atoms with van der Waals surface area (Å²) >= 11 is 2.79. The first kappa shape index (κ1) is 15.8. The fourth-order valence-corrected chi connectivity index (χ4v) is 3.27.